The number of halogens is 5. The van der Waals surface area contributed by atoms with Crippen LogP contribution in [0.5, 0.6) is 0 Å². The summed E-state index contributed by atoms with van der Waals surface area (Å²) in [5.41, 5.74) is 0. The Morgan fingerprint density at radius 1 is 0.583 bits per heavy atom. The van der Waals surface area contributed by atoms with E-state index in [1.165, 1.54) is 0 Å². The second-order valence-corrected chi connectivity index (χ2v) is 2.76. The summed E-state index contributed by atoms with van der Waals surface area (Å²) >= 11 is 1.75. The van der Waals surface area contributed by atoms with Gasteiger partial charge in [0.2, 0.25) is 0 Å². The third-order valence-electron chi connectivity index (χ3n) is 1.17. The summed E-state index contributed by atoms with van der Waals surface area (Å²) in [7, 11) is 0. The number of benzene rings is 1. The van der Waals surface area contributed by atoms with Gasteiger partial charge in [0, 0.05) is 0 Å². The molecule has 0 saturated carbocycles. The van der Waals surface area contributed by atoms with E-state index in [-0.39, 0.29) is 0 Å². The van der Waals surface area contributed by atoms with Crippen molar-refractivity contribution in [1.82, 2.24) is 0 Å². The molecular formula is C6F5Se. The Morgan fingerprint density at radius 3 is 1.17 bits per heavy atom. The Hall–Kier alpha value is -0.611. The predicted octanol–water partition coefficient (Wildman–Crippen LogP) is 1.18. The molecule has 0 amide bonds. The molecule has 12 heavy (non-hydrogen) atoms. The molecule has 0 aliphatic rings. The number of hydrogen-bond donors (Lipinski definition) is 0. The van der Waals surface area contributed by atoms with Crippen LogP contribution in [0.15, 0.2) is 0 Å². The van der Waals surface area contributed by atoms with E-state index in [4.69, 9.17) is 0 Å². The molecule has 0 nitrogen and oxygen atoms in total. The average molecular weight is 246 g/mol. The molecule has 0 aliphatic carbocycles. The summed E-state index contributed by atoms with van der Waals surface area (Å²) in [6, 6.07) is 0. The van der Waals surface area contributed by atoms with Gasteiger partial charge in [-0.1, -0.05) is 0 Å². The van der Waals surface area contributed by atoms with Crippen molar-refractivity contribution in [2.45, 2.75) is 0 Å². The van der Waals surface area contributed by atoms with Crippen LogP contribution < -0.4 is 4.46 Å². The maximum atomic E-state index is 12.4. The van der Waals surface area contributed by atoms with Gasteiger partial charge in [-0.05, 0) is 0 Å². The zero-order valence-corrected chi connectivity index (χ0v) is 7.01. The van der Waals surface area contributed by atoms with Crippen molar-refractivity contribution in [3.05, 3.63) is 29.1 Å². The van der Waals surface area contributed by atoms with Crippen LogP contribution >= 0.6 is 0 Å². The summed E-state index contributed by atoms with van der Waals surface area (Å²) in [6.45, 7) is 0. The van der Waals surface area contributed by atoms with E-state index < -0.39 is 33.5 Å². The molecule has 0 N–H and O–H groups in total. The molecule has 1 aromatic carbocycles. The zero-order chi connectivity index (χ0) is 9.46. The molecule has 1 aromatic rings. The van der Waals surface area contributed by atoms with Crippen LogP contribution in [0.4, 0.5) is 22.0 Å². The van der Waals surface area contributed by atoms with Gasteiger partial charge in [-0.15, -0.1) is 0 Å². The third-order valence-corrected chi connectivity index (χ3v) is 1.92. The second kappa shape index (κ2) is 3.03. The van der Waals surface area contributed by atoms with Crippen molar-refractivity contribution in [3.8, 4) is 0 Å². The standard InChI is InChI=1S/C6F5Se/c7-1-2(8)4(10)6(12)5(11)3(1)9. The number of rotatable bonds is 0. The Labute approximate surface area is 72.2 Å². The van der Waals surface area contributed by atoms with Gasteiger partial charge in [0.1, 0.15) is 0 Å². The summed E-state index contributed by atoms with van der Waals surface area (Å²) < 4.78 is 60.5. The van der Waals surface area contributed by atoms with Crippen molar-refractivity contribution in [2.75, 3.05) is 0 Å². The average Bonchev–Trinajstić information content (AvgIpc) is 2.08. The fourth-order valence-electron chi connectivity index (χ4n) is 0.585. The van der Waals surface area contributed by atoms with Crippen LogP contribution in [0.1, 0.15) is 0 Å². The molecule has 6 heteroatoms. The van der Waals surface area contributed by atoms with E-state index in [1.807, 2.05) is 0 Å². The van der Waals surface area contributed by atoms with Crippen LogP contribution in [0, 0.1) is 29.1 Å². The molecule has 0 spiro atoms. The molecule has 0 aliphatic heterocycles. The van der Waals surface area contributed by atoms with Gasteiger partial charge >= 0.3 is 71.5 Å². The quantitative estimate of drug-likeness (QED) is 0.279. The molecule has 0 fully saturated rings. The monoisotopic (exact) mass is 247 g/mol. The van der Waals surface area contributed by atoms with Crippen LogP contribution in [-0.4, -0.2) is 16.0 Å². The molecule has 1 rings (SSSR count). The minimum atomic E-state index is -2.15. The van der Waals surface area contributed by atoms with E-state index in [9.17, 15) is 22.0 Å². The molecule has 0 atom stereocenters. The Bertz CT molecular complexity index is 230. The fraction of sp³-hybridized carbons (Fsp3) is 0. The van der Waals surface area contributed by atoms with Crippen molar-refractivity contribution < 1.29 is 22.0 Å². The van der Waals surface area contributed by atoms with Gasteiger partial charge in [-0.2, -0.15) is 0 Å². The van der Waals surface area contributed by atoms with Crippen LogP contribution in [0.3, 0.4) is 0 Å². The van der Waals surface area contributed by atoms with Gasteiger partial charge in [-0.25, -0.2) is 0 Å². The Morgan fingerprint density at radius 2 is 0.833 bits per heavy atom. The first kappa shape index (κ1) is 9.48. The second-order valence-electron chi connectivity index (χ2n) is 1.90. The Balaban J connectivity index is 3.60. The van der Waals surface area contributed by atoms with Crippen molar-refractivity contribution in [3.63, 3.8) is 0 Å². The van der Waals surface area contributed by atoms with Gasteiger partial charge in [0.25, 0.3) is 0 Å². The van der Waals surface area contributed by atoms with Gasteiger partial charge in [0.05, 0.1) is 0 Å². The van der Waals surface area contributed by atoms with E-state index in [0.29, 0.717) is 0 Å². The van der Waals surface area contributed by atoms with Crippen LogP contribution in [0.2, 0.25) is 0 Å². The first-order valence-electron chi connectivity index (χ1n) is 2.65. The Kier molecular flexibility index (Phi) is 2.39. The van der Waals surface area contributed by atoms with Gasteiger partial charge in [-0.3, -0.25) is 0 Å². The summed E-state index contributed by atoms with van der Waals surface area (Å²) in [5, 5.41) is 0. The van der Waals surface area contributed by atoms with Gasteiger partial charge in [0.15, 0.2) is 0 Å². The van der Waals surface area contributed by atoms with Crippen LogP contribution in [-0.2, 0) is 0 Å². The molecule has 0 unspecified atom stereocenters. The third kappa shape index (κ3) is 1.21. The maximum absolute atomic E-state index is 12.4. The van der Waals surface area contributed by atoms with Crippen molar-refractivity contribution in [1.29, 1.82) is 0 Å². The van der Waals surface area contributed by atoms with E-state index in [1.54, 1.807) is 16.0 Å². The van der Waals surface area contributed by atoms with Crippen LogP contribution in [0.25, 0.3) is 0 Å². The molecule has 0 heterocycles. The SMILES string of the molecule is Fc1c(F)c(F)c([Se])c(F)c1F. The molecular weight excluding hydrogens is 246 g/mol. The van der Waals surface area contributed by atoms with Crippen molar-refractivity contribution in [2.24, 2.45) is 0 Å². The van der Waals surface area contributed by atoms with E-state index in [0.717, 1.165) is 0 Å². The summed E-state index contributed by atoms with van der Waals surface area (Å²) in [6.07, 6.45) is 0. The normalized spacial score (nSPS) is 10.4. The first-order chi connectivity index (χ1) is 5.46. The fourth-order valence-corrected chi connectivity index (χ4v) is 0.961. The zero-order valence-electron chi connectivity index (χ0n) is 5.30. The molecule has 1 radical (unpaired) electrons. The summed E-state index contributed by atoms with van der Waals surface area (Å²) in [4.78, 5) is 0. The topological polar surface area (TPSA) is 0 Å². The molecule has 65 valence electrons. The van der Waals surface area contributed by atoms with Crippen molar-refractivity contribution >= 4 is 20.5 Å². The first-order valence-corrected chi connectivity index (χ1v) is 3.51. The predicted molar refractivity (Wildman–Crippen MR) is 31.6 cm³/mol. The minimum absolute atomic E-state index is 0.994. The van der Waals surface area contributed by atoms with Gasteiger partial charge < -0.3 is 0 Å². The molecule has 0 bridgehead atoms. The van der Waals surface area contributed by atoms with E-state index >= 15 is 0 Å². The molecule has 0 saturated heterocycles. The van der Waals surface area contributed by atoms with E-state index in [2.05, 4.69) is 0 Å². The number of hydrogen-bond acceptors (Lipinski definition) is 0. The summed E-state index contributed by atoms with van der Waals surface area (Å²) in [5.74, 6) is -9.72. The molecule has 0 aromatic heterocycles.